The zero-order valence-electron chi connectivity index (χ0n) is 18.0. The Bertz CT molecular complexity index is 1500. The molecule has 166 valence electrons. The number of rotatable bonds is 6. The lowest BCUT2D eigenvalue weighted by atomic mass is 10.0. The van der Waals surface area contributed by atoms with Crippen molar-refractivity contribution in [3.8, 4) is 11.8 Å². The molecule has 1 aliphatic carbocycles. The van der Waals surface area contributed by atoms with Crippen molar-refractivity contribution in [2.45, 2.75) is 0 Å². The SMILES string of the molecule is COc1cc2ccccc2nc1C1=C(O)c2ccc(/C=C/C=C/C=C(\C#N)C(=O)O)cc2C1=O. The van der Waals surface area contributed by atoms with Gasteiger partial charge in [-0.15, -0.1) is 0 Å². The van der Waals surface area contributed by atoms with Gasteiger partial charge >= 0.3 is 5.97 Å². The monoisotopic (exact) mass is 450 g/mol. The molecule has 0 bridgehead atoms. The molecule has 2 N–H and O–H groups in total. The molecule has 0 amide bonds. The fourth-order valence-corrected chi connectivity index (χ4v) is 3.63. The Hall–Kier alpha value is -4.96. The first-order valence-electron chi connectivity index (χ1n) is 10.2. The van der Waals surface area contributed by atoms with E-state index in [4.69, 9.17) is 15.1 Å². The summed E-state index contributed by atoms with van der Waals surface area (Å²) >= 11 is 0. The van der Waals surface area contributed by atoms with Crippen LogP contribution in [-0.4, -0.2) is 34.1 Å². The number of carboxylic acid groups (broad SMARTS) is 1. The summed E-state index contributed by atoms with van der Waals surface area (Å²) in [6.45, 7) is 0. The number of allylic oxidation sites excluding steroid dienone is 5. The molecule has 0 saturated heterocycles. The molecule has 0 radical (unpaired) electrons. The summed E-state index contributed by atoms with van der Waals surface area (Å²) in [5.41, 5.74) is 2.11. The molecule has 7 nitrogen and oxygen atoms in total. The maximum atomic E-state index is 13.3. The Kier molecular flexibility index (Phi) is 6.06. The summed E-state index contributed by atoms with van der Waals surface area (Å²) in [6.07, 6.45) is 7.56. The number of benzene rings is 2. The Balaban J connectivity index is 1.65. The van der Waals surface area contributed by atoms with Crippen molar-refractivity contribution in [1.82, 2.24) is 4.98 Å². The van der Waals surface area contributed by atoms with E-state index < -0.39 is 5.97 Å². The normalized spacial score (nSPS) is 13.6. The number of carboxylic acids is 1. The second-order valence-electron chi connectivity index (χ2n) is 7.33. The van der Waals surface area contributed by atoms with Crippen molar-refractivity contribution in [2.75, 3.05) is 7.11 Å². The molecular formula is C27H18N2O5. The fraction of sp³-hybridized carbons (Fsp3) is 0.0370. The van der Waals surface area contributed by atoms with E-state index >= 15 is 0 Å². The number of aliphatic hydroxyl groups is 1. The van der Waals surface area contributed by atoms with Gasteiger partial charge in [0.1, 0.15) is 28.8 Å². The van der Waals surface area contributed by atoms with Gasteiger partial charge in [0.2, 0.25) is 0 Å². The van der Waals surface area contributed by atoms with Gasteiger partial charge in [0, 0.05) is 16.5 Å². The number of methoxy groups -OCH3 is 1. The van der Waals surface area contributed by atoms with E-state index in [-0.39, 0.29) is 28.4 Å². The molecule has 1 heterocycles. The molecule has 1 aromatic heterocycles. The first-order chi connectivity index (χ1) is 16.4. The first-order valence-corrected chi connectivity index (χ1v) is 10.2. The molecule has 3 aromatic rings. The maximum absolute atomic E-state index is 13.3. The predicted molar refractivity (Wildman–Crippen MR) is 128 cm³/mol. The molecule has 34 heavy (non-hydrogen) atoms. The molecule has 0 unspecified atom stereocenters. The van der Waals surface area contributed by atoms with E-state index in [2.05, 4.69) is 4.98 Å². The van der Waals surface area contributed by atoms with Gasteiger partial charge < -0.3 is 14.9 Å². The quantitative estimate of drug-likeness (QED) is 0.309. The molecule has 2 aromatic carbocycles. The Morgan fingerprint density at radius 2 is 1.88 bits per heavy atom. The van der Waals surface area contributed by atoms with Crippen molar-refractivity contribution >= 4 is 40.1 Å². The summed E-state index contributed by atoms with van der Waals surface area (Å²) in [6, 6.07) is 15.9. The third-order valence-electron chi connectivity index (χ3n) is 5.28. The smallest absolute Gasteiger partial charge is 0.346 e. The minimum atomic E-state index is -1.30. The topological polar surface area (TPSA) is 121 Å². The van der Waals surface area contributed by atoms with Crippen LogP contribution in [0, 0.1) is 11.3 Å². The van der Waals surface area contributed by atoms with E-state index in [0.717, 1.165) is 5.39 Å². The number of aliphatic carboxylic acids is 1. The molecular weight excluding hydrogens is 432 g/mol. The highest BCUT2D eigenvalue weighted by Gasteiger charge is 2.33. The van der Waals surface area contributed by atoms with E-state index in [9.17, 15) is 14.7 Å². The predicted octanol–water partition coefficient (Wildman–Crippen LogP) is 4.97. The van der Waals surface area contributed by atoms with Gasteiger partial charge in [-0.2, -0.15) is 5.26 Å². The number of hydrogen-bond acceptors (Lipinski definition) is 6. The fourth-order valence-electron chi connectivity index (χ4n) is 3.63. The Morgan fingerprint density at radius 1 is 1.09 bits per heavy atom. The largest absolute Gasteiger partial charge is 0.506 e. The second-order valence-corrected chi connectivity index (χ2v) is 7.33. The highest BCUT2D eigenvalue weighted by Crippen LogP contribution is 2.40. The van der Waals surface area contributed by atoms with Crippen LogP contribution in [0.3, 0.4) is 0 Å². The molecule has 1 aliphatic rings. The summed E-state index contributed by atoms with van der Waals surface area (Å²) < 4.78 is 5.46. The van der Waals surface area contributed by atoms with Crippen molar-refractivity contribution < 1.29 is 24.5 Å². The van der Waals surface area contributed by atoms with Crippen LogP contribution in [0.2, 0.25) is 0 Å². The van der Waals surface area contributed by atoms with Crippen molar-refractivity contribution in [1.29, 1.82) is 5.26 Å². The molecule has 0 aliphatic heterocycles. The number of nitrogens with zero attached hydrogens (tertiary/aromatic N) is 2. The summed E-state index contributed by atoms with van der Waals surface area (Å²) in [5, 5.41) is 29.3. The first kappa shape index (κ1) is 22.2. The number of ether oxygens (including phenoxy) is 1. The Labute approximate surface area is 194 Å². The number of aromatic nitrogens is 1. The van der Waals surface area contributed by atoms with E-state index in [1.165, 1.54) is 19.3 Å². The van der Waals surface area contributed by atoms with Crippen molar-refractivity contribution in [2.24, 2.45) is 0 Å². The van der Waals surface area contributed by atoms with Crippen LogP contribution >= 0.6 is 0 Å². The van der Waals surface area contributed by atoms with Gasteiger partial charge in [-0.25, -0.2) is 9.78 Å². The maximum Gasteiger partial charge on any atom is 0.346 e. The average Bonchev–Trinajstić information content (AvgIpc) is 3.09. The molecule has 0 fully saturated rings. The number of para-hydroxylation sites is 1. The molecule has 0 atom stereocenters. The molecule has 7 heteroatoms. The zero-order valence-corrected chi connectivity index (χ0v) is 18.0. The van der Waals surface area contributed by atoms with Crippen LogP contribution in [0.1, 0.15) is 27.2 Å². The van der Waals surface area contributed by atoms with Gasteiger partial charge in [-0.05, 0) is 35.9 Å². The van der Waals surface area contributed by atoms with E-state index in [1.54, 1.807) is 48.6 Å². The lowest BCUT2D eigenvalue weighted by Crippen LogP contribution is -2.03. The van der Waals surface area contributed by atoms with Crippen LogP contribution in [0.25, 0.3) is 28.3 Å². The third-order valence-corrected chi connectivity index (χ3v) is 5.28. The van der Waals surface area contributed by atoms with Crippen LogP contribution < -0.4 is 4.74 Å². The number of fused-ring (bicyclic) bond motifs is 2. The summed E-state index contributed by atoms with van der Waals surface area (Å²) in [5.74, 6) is -1.42. The third kappa shape index (κ3) is 4.08. The molecule has 0 saturated carbocycles. The van der Waals surface area contributed by atoms with Crippen molar-refractivity contribution in [3.05, 3.63) is 101 Å². The highest BCUT2D eigenvalue weighted by atomic mass is 16.5. The van der Waals surface area contributed by atoms with Crippen LogP contribution in [0.5, 0.6) is 5.75 Å². The summed E-state index contributed by atoms with van der Waals surface area (Å²) in [7, 11) is 1.49. The van der Waals surface area contributed by atoms with Gasteiger partial charge in [0.05, 0.1) is 18.2 Å². The van der Waals surface area contributed by atoms with Crippen LogP contribution in [0.4, 0.5) is 0 Å². The van der Waals surface area contributed by atoms with Crippen molar-refractivity contribution in [3.63, 3.8) is 0 Å². The lowest BCUT2D eigenvalue weighted by Gasteiger charge is -2.10. The lowest BCUT2D eigenvalue weighted by molar-refractivity contribution is -0.132. The average molecular weight is 450 g/mol. The zero-order chi connectivity index (χ0) is 24.2. The Morgan fingerprint density at radius 3 is 2.62 bits per heavy atom. The number of carbonyl (C=O) groups is 2. The van der Waals surface area contributed by atoms with Crippen LogP contribution in [0.15, 0.2) is 78.4 Å². The second kappa shape index (κ2) is 9.27. The highest BCUT2D eigenvalue weighted by molar-refractivity contribution is 6.39. The van der Waals surface area contributed by atoms with E-state index in [1.807, 2.05) is 24.3 Å². The summed E-state index contributed by atoms with van der Waals surface area (Å²) in [4.78, 5) is 28.7. The number of hydrogen-bond donors (Lipinski definition) is 2. The van der Waals surface area contributed by atoms with E-state index in [0.29, 0.717) is 28.0 Å². The number of carbonyl (C=O) groups excluding carboxylic acids is 1. The standard InChI is InChI=1S/C27H18N2O5/c1-34-22-14-17-8-5-6-10-21(17)29-24(22)23-25(30)19-12-11-16(13-20(19)26(23)31)7-3-2-4-9-18(15-28)27(32)33/h2-14,30H,1H3,(H,32,33)/b4-2+,7-3+,18-9+. The van der Waals surface area contributed by atoms with Gasteiger partial charge in [-0.3, -0.25) is 4.79 Å². The van der Waals surface area contributed by atoms with Gasteiger partial charge in [-0.1, -0.05) is 48.6 Å². The number of nitriles is 1. The number of pyridine rings is 1. The number of aliphatic hydroxyl groups excluding tert-OH is 1. The minimum Gasteiger partial charge on any atom is -0.506 e. The molecule has 4 rings (SSSR count). The van der Waals surface area contributed by atoms with Gasteiger partial charge in [0.15, 0.2) is 5.78 Å². The molecule has 0 spiro atoms. The number of Topliss-reactive ketones (excluding diaryl/α,β-unsaturated/α-hetero) is 1. The minimum absolute atomic E-state index is 0.0847. The number of ketones is 1. The van der Waals surface area contributed by atoms with Crippen LogP contribution in [-0.2, 0) is 4.79 Å². The van der Waals surface area contributed by atoms with Gasteiger partial charge in [0.25, 0.3) is 0 Å².